The van der Waals surface area contributed by atoms with E-state index in [2.05, 4.69) is 5.32 Å². The molecule has 2 heterocycles. The molecular weight excluding hydrogens is 708 g/mol. The Hall–Kier alpha value is -3.00. The number of sulfonamides is 1. The number of nitrogens with zero attached hydrogens (tertiary/aromatic N) is 2. The first-order valence-electron chi connectivity index (χ1n) is 13.8. The highest BCUT2D eigenvalue weighted by atomic mass is 35.5. The predicted molar refractivity (Wildman–Crippen MR) is 172 cm³/mol. The van der Waals surface area contributed by atoms with Gasteiger partial charge in [0.05, 0.1) is 28.1 Å². The Morgan fingerprint density at radius 3 is 2.20 bits per heavy atom. The average molecular weight is 734 g/mol. The van der Waals surface area contributed by atoms with Gasteiger partial charge in [-0.1, -0.05) is 71.5 Å². The van der Waals surface area contributed by atoms with Gasteiger partial charge in [0.1, 0.15) is 5.54 Å². The molecule has 3 atom stereocenters. The second kappa shape index (κ2) is 12.6. The van der Waals surface area contributed by atoms with E-state index in [-0.39, 0.29) is 48.5 Å². The molecule has 46 heavy (non-hydrogen) atoms. The number of nitrogens with one attached hydrogen (secondary N) is 2. The van der Waals surface area contributed by atoms with Crippen LogP contribution in [0.3, 0.4) is 0 Å². The van der Waals surface area contributed by atoms with Gasteiger partial charge < -0.3 is 10.2 Å². The first kappa shape index (κ1) is 34.3. The number of rotatable bonds is 8. The van der Waals surface area contributed by atoms with Gasteiger partial charge in [0.15, 0.2) is 0 Å². The van der Waals surface area contributed by atoms with E-state index in [1.807, 2.05) is 4.72 Å². The molecule has 16 heteroatoms. The molecule has 3 amide bonds. The van der Waals surface area contributed by atoms with Gasteiger partial charge in [0, 0.05) is 52.2 Å². The summed E-state index contributed by atoms with van der Waals surface area (Å²) in [4.78, 5) is 44.8. The van der Waals surface area contributed by atoms with E-state index in [4.69, 9.17) is 46.4 Å². The van der Waals surface area contributed by atoms with Gasteiger partial charge in [0.2, 0.25) is 11.8 Å². The summed E-state index contributed by atoms with van der Waals surface area (Å²) >= 11 is 25.1. The van der Waals surface area contributed by atoms with Gasteiger partial charge in [-0.15, -0.1) is 0 Å². The average Bonchev–Trinajstić information content (AvgIpc) is 3.48. The second-order valence-electron chi connectivity index (χ2n) is 11.1. The van der Waals surface area contributed by atoms with Gasteiger partial charge in [-0.2, -0.15) is 0 Å². The Morgan fingerprint density at radius 1 is 1.00 bits per heavy atom. The van der Waals surface area contributed by atoms with Gasteiger partial charge in [-0.3, -0.25) is 19.3 Å². The van der Waals surface area contributed by atoms with E-state index in [1.165, 1.54) is 68.6 Å². The molecule has 5 rings (SSSR count). The smallest absolute Gasteiger partial charge is 0.264 e. The van der Waals surface area contributed by atoms with Crippen LogP contribution in [0.2, 0.25) is 20.1 Å². The van der Waals surface area contributed by atoms with E-state index in [9.17, 15) is 31.6 Å². The molecule has 3 aromatic carbocycles. The zero-order valence-corrected chi connectivity index (χ0v) is 28.0. The normalized spacial score (nSPS) is 20.5. The lowest BCUT2D eigenvalue weighted by atomic mass is 9.70. The van der Waals surface area contributed by atoms with E-state index >= 15 is 0 Å². The highest BCUT2D eigenvalue weighted by Gasteiger charge is 2.64. The molecule has 1 fully saturated rings. The van der Waals surface area contributed by atoms with Crippen molar-refractivity contribution >= 4 is 85.5 Å². The largest absolute Gasteiger partial charge is 0.323 e. The van der Waals surface area contributed by atoms with Crippen LogP contribution in [0.1, 0.15) is 18.9 Å². The van der Waals surface area contributed by atoms with Crippen molar-refractivity contribution in [3.05, 3.63) is 86.3 Å². The van der Waals surface area contributed by atoms with E-state index in [0.717, 1.165) is 9.80 Å². The van der Waals surface area contributed by atoms with Crippen molar-refractivity contribution in [1.82, 2.24) is 9.62 Å². The first-order chi connectivity index (χ1) is 21.5. The Kier molecular flexibility index (Phi) is 9.37. The summed E-state index contributed by atoms with van der Waals surface area (Å²) in [5, 5.41) is 2.93. The number of alkyl halides is 2. The topological polar surface area (TPSA) is 116 Å². The number of amides is 3. The van der Waals surface area contributed by atoms with Crippen molar-refractivity contribution in [1.29, 1.82) is 0 Å². The predicted octanol–water partition coefficient (Wildman–Crippen LogP) is 6.21. The van der Waals surface area contributed by atoms with Crippen molar-refractivity contribution in [3.8, 4) is 0 Å². The Labute approximate surface area is 283 Å². The summed E-state index contributed by atoms with van der Waals surface area (Å²) in [6, 6.07) is 13.8. The standard InChI is InChI=1S/C30H26Cl4F2N4O5S/c1-16(27(42)39(2)20-11-17(31)10-18(32)12-20)24(26(41)38-46(44,45)21-6-4-3-5-7-21)30(40-9-8-29(35,36)15-40)22-13-19(33)14-23(34)25(22)37-28(30)43/h3-7,10-14,16,24H,8-9,15H2,1-2H3,(H,37,43)(H,38,41)/t16-,24+,30-/m0/s1. The Bertz CT molecular complexity index is 1830. The molecule has 0 saturated carbocycles. The van der Waals surface area contributed by atoms with Gasteiger partial charge in [0.25, 0.3) is 21.9 Å². The van der Waals surface area contributed by atoms with E-state index in [1.54, 1.807) is 6.07 Å². The number of carbonyl (C=O) groups is 3. The molecule has 9 nitrogen and oxygen atoms in total. The van der Waals surface area contributed by atoms with Crippen LogP contribution in [0.15, 0.2) is 65.6 Å². The number of halogens is 6. The van der Waals surface area contributed by atoms with Gasteiger partial charge >= 0.3 is 0 Å². The molecule has 0 radical (unpaired) electrons. The Balaban J connectivity index is 1.73. The van der Waals surface area contributed by atoms with Crippen molar-refractivity contribution in [2.75, 3.05) is 30.4 Å². The maximum absolute atomic E-state index is 14.9. The number of anilines is 2. The highest BCUT2D eigenvalue weighted by Crippen LogP contribution is 2.53. The molecule has 2 aliphatic heterocycles. The van der Waals surface area contributed by atoms with Gasteiger partial charge in [-0.05, 0) is 42.5 Å². The Morgan fingerprint density at radius 2 is 1.61 bits per heavy atom. The number of fused-ring (bicyclic) bond motifs is 1. The highest BCUT2D eigenvalue weighted by molar-refractivity contribution is 7.90. The zero-order valence-electron chi connectivity index (χ0n) is 24.2. The molecule has 0 spiro atoms. The maximum Gasteiger partial charge on any atom is 0.264 e. The van der Waals surface area contributed by atoms with Crippen LogP contribution in [-0.4, -0.2) is 57.1 Å². The second-order valence-corrected chi connectivity index (χ2v) is 14.5. The summed E-state index contributed by atoms with van der Waals surface area (Å²) in [5.41, 5.74) is -2.21. The van der Waals surface area contributed by atoms with Crippen molar-refractivity contribution < 1.29 is 31.6 Å². The molecule has 0 aromatic heterocycles. The SMILES string of the molecule is C[C@H](C(=O)N(C)c1cc(Cl)cc(Cl)c1)[C@H](C(=O)NS(=O)(=O)c1ccccc1)[C@]1(N2CCC(F)(F)C2)C(=O)Nc2c(Cl)cc(Cl)cc21. The number of hydrogen-bond donors (Lipinski definition) is 2. The molecule has 0 bridgehead atoms. The monoisotopic (exact) mass is 732 g/mol. The third-order valence-corrected chi connectivity index (χ3v) is 10.5. The molecule has 3 aromatic rings. The lowest BCUT2D eigenvalue weighted by Gasteiger charge is -2.44. The molecular formula is C30H26Cl4F2N4O5S. The quantitative estimate of drug-likeness (QED) is 0.285. The lowest BCUT2D eigenvalue weighted by molar-refractivity contribution is -0.148. The first-order valence-corrected chi connectivity index (χ1v) is 16.8. The zero-order chi connectivity index (χ0) is 33.8. The maximum atomic E-state index is 14.9. The number of benzene rings is 3. The number of likely N-dealkylation sites (tertiary alicyclic amines) is 1. The summed E-state index contributed by atoms with van der Waals surface area (Å²) in [6.45, 7) is -0.0719. The molecule has 244 valence electrons. The fourth-order valence-corrected chi connectivity index (χ4v) is 8.21. The molecule has 0 aliphatic carbocycles. The van der Waals surface area contributed by atoms with Crippen molar-refractivity contribution in [3.63, 3.8) is 0 Å². The third kappa shape index (κ3) is 6.18. The molecule has 2 aliphatic rings. The fraction of sp³-hybridized carbons (Fsp3) is 0.300. The third-order valence-electron chi connectivity index (χ3n) is 8.19. The van der Waals surface area contributed by atoms with Crippen LogP contribution in [0.5, 0.6) is 0 Å². The summed E-state index contributed by atoms with van der Waals surface area (Å²) in [6.07, 6.45) is -0.675. The summed E-state index contributed by atoms with van der Waals surface area (Å²) in [5.74, 6) is -9.78. The minimum absolute atomic E-state index is 0.00961. The van der Waals surface area contributed by atoms with Crippen LogP contribution in [-0.2, 0) is 29.9 Å². The number of carbonyl (C=O) groups excluding carboxylic acids is 3. The molecule has 0 unspecified atom stereocenters. The summed E-state index contributed by atoms with van der Waals surface area (Å²) < 4.78 is 58.6. The molecule has 1 saturated heterocycles. The fourth-order valence-electron chi connectivity index (χ4n) is 6.13. The van der Waals surface area contributed by atoms with Gasteiger partial charge in [-0.25, -0.2) is 21.9 Å². The summed E-state index contributed by atoms with van der Waals surface area (Å²) in [7, 11) is -3.21. The number of hydrogen-bond acceptors (Lipinski definition) is 6. The van der Waals surface area contributed by atoms with Crippen LogP contribution >= 0.6 is 46.4 Å². The molecule has 2 N–H and O–H groups in total. The minimum Gasteiger partial charge on any atom is -0.323 e. The van der Waals surface area contributed by atoms with Crippen LogP contribution in [0.25, 0.3) is 0 Å². The van der Waals surface area contributed by atoms with E-state index < -0.39 is 64.0 Å². The lowest BCUT2D eigenvalue weighted by Crippen LogP contribution is -2.62. The van der Waals surface area contributed by atoms with E-state index in [0.29, 0.717) is 0 Å². The minimum atomic E-state index is -4.57. The van der Waals surface area contributed by atoms with Crippen molar-refractivity contribution in [2.24, 2.45) is 11.8 Å². The van der Waals surface area contributed by atoms with Crippen LogP contribution < -0.4 is 14.9 Å². The van der Waals surface area contributed by atoms with Crippen molar-refractivity contribution in [2.45, 2.75) is 29.7 Å². The van der Waals surface area contributed by atoms with Crippen LogP contribution in [0.4, 0.5) is 20.2 Å². The van der Waals surface area contributed by atoms with Crippen LogP contribution in [0, 0.1) is 11.8 Å².